The Morgan fingerprint density at radius 1 is 1.21 bits per heavy atom. The second-order valence-electron chi connectivity index (χ2n) is 6.82. The van der Waals surface area contributed by atoms with Crippen LogP contribution in [0.4, 0.5) is 11.8 Å². The summed E-state index contributed by atoms with van der Waals surface area (Å²) >= 11 is 12.4. The molecule has 5 rings (SSSR count). The predicted molar refractivity (Wildman–Crippen MR) is 106 cm³/mol. The molecule has 144 valence electrons. The molecule has 10 heteroatoms. The Hall–Kier alpha value is -2.42. The van der Waals surface area contributed by atoms with Gasteiger partial charge in [0.15, 0.2) is 0 Å². The number of hydrogen-bond acceptors (Lipinski definition) is 7. The van der Waals surface area contributed by atoms with E-state index in [1.54, 1.807) is 12.1 Å². The first-order chi connectivity index (χ1) is 13.7. The van der Waals surface area contributed by atoms with Crippen molar-refractivity contribution in [2.24, 2.45) is 0 Å². The Kier molecular flexibility index (Phi) is 4.54. The topological polar surface area (TPSA) is 81.0 Å². The summed E-state index contributed by atoms with van der Waals surface area (Å²) in [7, 11) is 0. The van der Waals surface area contributed by atoms with Crippen molar-refractivity contribution in [3.8, 4) is 5.69 Å². The van der Waals surface area contributed by atoms with Gasteiger partial charge in [-0.3, -0.25) is 0 Å². The van der Waals surface area contributed by atoms with Gasteiger partial charge in [-0.1, -0.05) is 40.4 Å². The van der Waals surface area contributed by atoms with Crippen molar-refractivity contribution >= 4 is 35.0 Å². The summed E-state index contributed by atoms with van der Waals surface area (Å²) in [6.45, 7) is 2.17. The Labute approximate surface area is 171 Å². The van der Waals surface area contributed by atoms with Crippen molar-refractivity contribution in [2.45, 2.75) is 25.1 Å². The summed E-state index contributed by atoms with van der Waals surface area (Å²) in [6, 6.07) is 9.73. The molecule has 28 heavy (non-hydrogen) atoms. The number of morpholine rings is 1. The molecule has 2 saturated heterocycles. The number of nitrogens with one attached hydrogen (secondary N) is 1. The monoisotopic (exact) mass is 417 g/mol. The van der Waals surface area contributed by atoms with Gasteiger partial charge in [0.05, 0.1) is 34.5 Å². The van der Waals surface area contributed by atoms with Gasteiger partial charge in [0.1, 0.15) is 5.82 Å². The first-order valence-corrected chi connectivity index (χ1v) is 9.75. The molecular weight excluding hydrogens is 401 g/mol. The second-order valence-corrected chi connectivity index (χ2v) is 7.61. The van der Waals surface area contributed by atoms with Crippen molar-refractivity contribution in [2.75, 3.05) is 23.4 Å². The van der Waals surface area contributed by atoms with Gasteiger partial charge in [0.25, 0.3) is 0 Å². The van der Waals surface area contributed by atoms with Crippen LogP contribution in [-0.4, -0.2) is 50.5 Å². The Morgan fingerprint density at radius 3 is 2.96 bits per heavy atom. The molecule has 2 unspecified atom stereocenters. The molecule has 2 aromatic heterocycles. The van der Waals surface area contributed by atoms with E-state index in [-0.39, 0.29) is 0 Å². The summed E-state index contributed by atoms with van der Waals surface area (Å²) in [4.78, 5) is 6.95. The smallest absolute Gasteiger partial charge is 0.248 e. The van der Waals surface area contributed by atoms with Crippen molar-refractivity contribution in [1.82, 2.24) is 25.2 Å². The van der Waals surface area contributed by atoms with Crippen LogP contribution in [0.15, 0.2) is 36.5 Å². The van der Waals surface area contributed by atoms with Crippen molar-refractivity contribution in [3.63, 3.8) is 0 Å². The van der Waals surface area contributed by atoms with Gasteiger partial charge in [-0.2, -0.15) is 4.68 Å². The largest absolute Gasteiger partial charge is 0.374 e. The zero-order valence-corrected chi connectivity index (χ0v) is 16.3. The maximum absolute atomic E-state index is 6.32. The molecular formula is C18H17Cl2N7O. The quantitative estimate of drug-likeness (QED) is 0.682. The number of rotatable bonds is 5. The van der Waals surface area contributed by atoms with Gasteiger partial charge in [0.2, 0.25) is 5.95 Å². The minimum Gasteiger partial charge on any atom is -0.374 e. The van der Waals surface area contributed by atoms with Gasteiger partial charge in [-0.15, -0.1) is 0 Å². The minimum absolute atomic E-state index is 0.310. The highest BCUT2D eigenvalue weighted by Gasteiger charge is 2.40. The average molecular weight is 418 g/mol. The molecule has 1 aromatic carbocycles. The molecule has 0 aliphatic carbocycles. The van der Waals surface area contributed by atoms with Crippen LogP contribution >= 0.6 is 23.2 Å². The maximum Gasteiger partial charge on any atom is 0.248 e. The fourth-order valence-corrected chi connectivity index (χ4v) is 4.15. The third-order valence-corrected chi connectivity index (χ3v) is 5.91. The number of anilines is 2. The lowest BCUT2D eigenvalue weighted by Gasteiger charge is -2.29. The third-order valence-electron chi connectivity index (χ3n) is 5.11. The third kappa shape index (κ3) is 3.07. The maximum atomic E-state index is 6.32. The van der Waals surface area contributed by atoms with Gasteiger partial charge in [-0.05, 0) is 35.0 Å². The van der Waals surface area contributed by atoms with E-state index in [4.69, 9.17) is 27.9 Å². The highest BCUT2D eigenvalue weighted by Crippen LogP contribution is 2.33. The van der Waals surface area contributed by atoms with Crippen LogP contribution in [0, 0.1) is 0 Å². The Morgan fingerprint density at radius 2 is 2.14 bits per heavy atom. The highest BCUT2D eigenvalue weighted by molar-refractivity contribution is 6.43. The average Bonchev–Trinajstić information content (AvgIpc) is 3.46. The van der Waals surface area contributed by atoms with Crippen molar-refractivity contribution in [3.05, 3.63) is 52.1 Å². The fraction of sp³-hybridized carbons (Fsp3) is 0.333. The Bertz CT molecular complexity index is 1010. The van der Waals surface area contributed by atoms with Gasteiger partial charge in [0, 0.05) is 24.8 Å². The van der Waals surface area contributed by atoms with Gasteiger partial charge in [-0.25, -0.2) is 4.98 Å². The first-order valence-electron chi connectivity index (χ1n) is 8.99. The van der Waals surface area contributed by atoms with E-state index < -0.39 is 0 Å². The normalized spacial score (nSPS) is 20.7. The molecule has 2 fully saturated rings. The molecule has 0 saturated carbocycles. The molecule has 2 aliphatic rings. The molecule has 2 aliphatic heterocycles. The summed E-state index contributed by atoms with van der Waals surface area (Å²) in [5.41, 5.74) is 1.68. The fourth-order valence-electron chi connectivity index (χ4n) is 3.78. The summed E-state index contributed by atoms with van der Waals surface area (Å²) in [6.07, 6.45) is 3.20. The molecule has 1 N–H and O–H groups in total. The molecule has 2 bridgehead atoms. The Balaban J connectivity index is 1.39. The number of hydrogen-bond donors (Lipinski definition) is 1. The lowest BCUT2D eigenvalue weighted by atomic mass is 10.2. The van der Waals surface area contributed by atoms with Crippen LogP contribution < -0.4 is 10.2 Å². The molecule has 0 amide bonds. The zero-order valence-electron chi connectivity index (χ0n) is 14.8. The number of aromatic nitrogens is 5. The number of fused-ring (bicyclic) bond motifs is 2. The number of tetrazole rings is 1. The van der Waals surface area contributed by atoms with Crippen LogP contribution in [-0.2, 0) is 11.3 Å². The molecule has 2 atom stereocenters. The lowest BCUT2D eigenvalue weighted by molar-refractivity contribution is 0.0988. The molecule has 0 spiro atoms. The minimum atomic E-state index is 0.310. The van der Waals surface area contributed by atoms with Crippen molar-refractivity contribution < 1.29 is 4.74 Å². The van der Waals surface area contributed by atoms with E-state index in [1.807, 2.05) is 18.3 Å². The molecule has 8 nitrogen and oxygen atoms in total. The van der Waals surface area contributed by atoms with Crippen LogP contribution in [0.5, 0.6) is 0 Å². The number of ether oxygens (including phenoxy) is 1. The standard InChI is InChI=1S/C18H17Cl2N7O/c19-14-4-1-5-15(16(14)20)27-18(23-24-25-27)22-8-11-3-2-6-21-17(11)26-9-13-7-12(26)10-28-13/h1-6,12-13H,7-10H2,(H,22,23,25). The summed E-state index contributed by atoms with van der Waals surface area (Å²) in [5.74, 6) is 1.45. The first kappa shape index (κ1) is 17.7. The molecule has 4 heterocycles. The summed E-state index contributed by atoms with van der Waals surface area (Å²) < 4.78 is 7.25. The van der Waals surface area contributed by atoms with E-state index in [9.17, 15) is 0 Å². The van der Waals surface area contributed by atoms with E-state index >= 15 is 0 Å². The highest BCUT2D eigenvalue weighted by atomic mass is 35.5. The van der Waals surface area contributed by atoms with Crippen molar-refractivity contribution in [1.29, 1.82) is 0 Å². The zero-order chi connectivity index (χ0) is 19.1. The van der Waals surface area contributed by atoms with Crippen LogP contribution in [0.25, 0.3) is 5.69 Å². The summed E-state index contributed by atoms with van der Waals surface area (Å²) in [5, 5.41) is 16.0. The molecule has 3 aromatic rings. The van der Waals surface area contributed by atoms with E-state index in [2.05, 4.69) is 36.8 Å². The number of benzene rings is 1. The van der Waals surface area contributed by atoms with E-state index in [0.717, 1.165) is 31.0 Å². The second kappa shape index (κ2) is 7.20. The van der Waals surface area contributed by atoms with Gasteiger partial charge < -0.3 is 15.0 Å². The predicted octanol–water partition coefficient (Wildman–Crippen LogP) is 2.95. The molecule has 0 radical (unpaired) electrons. The van der Waals surface area contributed by atoms with E-state index in [1.165, 1.54) is 4.68 Å². The SMILES string of the molecule is Clc1cccc(-n2nnnc2NCc2cccnc2N2CC3CC2CO3)c1Cl. The van der Waals surface area contributed by atoms with Gasteiger partial charge >= 0.3 is 0 Å². The van der Waals surface area contributed by atoms with Crippen LogP contribution in [0.2, 0.25) is 10.0 Å². The van der Waals surface area contributed by atoms with E-state index in [0.29, 0.717) is 40.4 Å². The lowest BCUT2D eigenvalue weighted by Crippen LogP contribution is -2.38. The number of pyridine rings is 1. The van der Waals surface area contributed by atoms with Crippen LogP contribution in [0.3, 0.4) is 0 Å². The number of halogens is 2. The number of nitrogens with zero attached hydrogens (tertiary/aromatic N) is 6. The van der Waals surface area contributed by atoms with Crippen LogP contribution in [0.1, 0.15) is 12.0 Å².